The van der Waals surface area contributed by atoms with Crippen molar-refractivity contribution in [2.24, 2.45) is 5.73 Å². The standard InChI is InChI=1S/C9H11NO2.BF3/c10-8(9(11)12)6-7-4-2-1-3-5-7;2-1(3)4/h1-5,8H,6,10H2,(H,11,12);/t8-;/m0./s1. The van der Waals surface area contributed by atoms with Crippen molar-refractivity contribution >= 4 is 13.5 Å². The first-order valence-electron chi connectivity index (χ1n) is 4.38. The third-order valence-corrected chi connectivity index (χ3v) is 1.62. The van der Waals surface area contributed by atoms with Gasteiger partial charge in [-0.1, -0.05) is 30.3 Å². The Labute approximate surface area is 91.3 Å². The number of carbonyl (C=O) groups is 1. The number of benzene rings is 1. The minimum absolute atomic E-state index is 0.385. The van der Waals surface area contributed by atoms with E-state index < -0.39 is 19.6 Å². The van der Waals surface area contributed by atoms with Gasteiger partial charge < -0.3 is 10.8 Å². The number of rotatable bonds is 3. The molecule has 1 atom stereocenters. The lowest BCUT2D eigenvalue weighted by Gasteiger charge is -2.04. The fraction of sp³-hybridized carbons (Fsp3) is 0.222. The molecule has 0 saturated carbocycles. The SMILES string of the molecule is FB(F)F.N[C@@H](Cc1ccccc1)C(=O)O. The first-order chi connectivity index (χ1) is 7.43. The van der Waals surface area contributed by atoms with Gasteiger partial charge in [0.25, 0.3) is 0 Å². The third-order valence-electron chi connectivity index (χ3n) is 1.62. The Morgan fingerprint density at radius 2 is 1.75 bits per heavy atom. The topological polar surface area (TPSA) is 63.3 Å². The van der Waals surface area contributed by atoms with Gasteiger partial charge in [-0.15, -0.1) is 0 Å². The smallest absolute Gasteiger partial charge is 0.480 e. The van der Waals surface area contributed by atoms with Gasteiger partial charge in [0.1, 0.15) is 6.04 Å². The van der Waals surface area contributed by atoms with Gasteiger partial charge in [-0.2, -0.15) is 0 Å². The van der Waals surface area contributed by atoms with E-state index in [-0.39, 0.29) is 0 Å². The lowest BCUT2D eigenvalue weighted by molar-refractivity contribution is -0.138. The normalized spacial score (nSPS) is 11.0. The van der Waals surface area contributed by atoms with Gasteiger partial charge >= 0.3 is 13.5 Å². The zero-order chi connectivity index (χ0) is 12.6. The number of halogens is 3. The van der Waals surface area contributed by atoms with Gasteiger partial charge in [-0.25, -0.2) is 0 Å². The quantitative estimate of drug-likeness (QED) is 0.778. The van der Waals surface area contributed by atoms with Crippen LogP contribution in [-0.2, 0) is 11.2 Å². The highest BCUT2D eigenvalue weighted by Crippen LogP contribution is 2.01. The molecule has 88 valence electrons. The Morgan fingerprint density at radius 1 is 1.31 bits per heavy atom. The van der Waals surface area contributed by atoms with E-state index in [1.807, 2.05) is 30.3 Å². The first-order valence-corrected chi connectivity index (χ1v) is 4.38. The van der Waals surface area contributed by atoms with Crippen molar-refractivity contribution in [1.29, 1.82) is 0 Å². The van der Waals surface area contributed by atoms with E-state index in [0.717, 1.165) is 5.56 Å². The number of hydrogen-bond acceptors (Lipinski definition) is 2. The minimum Gasteiger partial charge on any atom is -0.480 e. The molecule has 3 N–H and O–H groups in total. The molecule has 7 heteroatoms. The van der Waals surface area contributed by atoms with E-state index >= 15 is 0 Å². The summed E-state index contributed by atoms with van der Waals surface area (Å²) in [6, 6.07) is 8.54. The Morgan fingerprint density at radius 3 is 2.12 bits per heavy atom. The highest BCUT2D eigenvalue weighted by molar-refractivity contribution is 6.33. The summed E-state index contributed by atoms with van der Waals surface area (Å²) < 4.78 is 29.0. The monoisotopic (exact) mass is 233 g/mol. The van der Waals surface area contributed by atoms with Crippen LogP contribution in [0.3, 0.4) is 0 Å². The van der Waals surface area contributed by atoms with E-state index in [9.17, 15) is 17.7 Å². The van der Waals surface area contributed by atoms with Gasteiger partial charge in [0, 0.05) is 0 Å². The number of hydrogen-bond donors (Lipinski definition) is 2. The van der Waals surface area contributed by atoms with Crippen LogP contribution < -0.4 is 5.73 Å². The molecule has 0 bridgehead atoms. The molecule has 0 spiro atoms. The van der Waals surface area contributed by atoms with E-state index in [1.165, 1.54) is 0 Å². The molecule has 3 nitrogen and oxygen atoms in total. The molecule has 0 radical (unpaired) electrons. The van der Waals surface area contributed by atoms with Crippen molar-refractivity contribution in [2.75, 3.05) is 0 Å². The number of nitrogens with two attached hydrogens (primary N) is 1. The number of carboxylic acid groups (broad SMARTS) is 1. The zero-order valence-corrected chi connectivity index (χ0v) is 8.32. The molecule has 0 unspecified atom stereocenters. The Balaban J connectivity index is 0.000000487. The molecule has 0 aromatic heterocycles. The predicted octanol–water partition coefficient (Wildman–Crippen LogP) is 1.52. The highest BCUT2D eigenvalue weighted by atomic mass is 19.4. The maximum atomic E-state index is 10.4. The van der Waals surface area contributed by atoms with Crippen LogP contribution in [0.1, 0.15) is 5.56 Å². The van der Waals surface area contributed by atoms with E-state index in [2.05, 4.69) is 0 Å². The van der Waals surface area contributed by atoms with Crippen molar-refractivity contribution in [3.8, 4) is 0 Å². The van der Waals surface area contributed by atoms with E-state index in [0.29, 0.717) is 6.42 Å². The van der Waals surface area contributed by atoms with Crippen LogP contribution in [-0.4, -0.2) is 24.7 Å². The van der Waals surface area contributed by atoms with Crippen molar-refractivity contribution in [1.82, 2.24) is 0 Å². The molecule has 1 rings (SSSR count). The van der Waals surface area contributed by atoms with Gasteiger partial charge in [-0.05, 0) is 12.0 Å². The molecule has 0 aliphatic carbocycles. The molecule has 1 aromatic carbocycles. The molecule has 16 heavy (non-hydrogen) atoms. The maximum Gasteiger partial charge on any atom is 0.762 e. The summed E-state index contributed by atoms with van der Waals surface area (Å²) in [7, 11) is -3.67. The van der Waals surface area contributed by atoms with Gasteiger partial charge in [0.05, 0.1) is 0 Å². The summed E-state index contributed by atoms with van der Waals surface area (Å²) >= 11 is 0. The van der Waals surface area contributed by atoms with E-state index in [1.54, 1.807) is 0 Å². The average Bonchev–Trinajstić information content (AvgIpc) is 2.18. The summed E-state index contributed by atoms with van der Waals surface area (Å²) in [6.45, 7) is 0. The summed E-state index contributed by atoms with van der Waals surface area (Å²) in [5, 5.41) is 8.52. The van der Waals surface area contributed by atoms with Crippen LogP contribution in [0, 0.1) is 0 Å². The summed E-state index contributed by atoms with van der Waals surface area (Å²) in [6.07, 6.45) is 0.385. The fourth-order valence-electron chi connectivity index (χ4n) is 0.955. The van der Waals surface area contributed by atoms with Crippen LogP contribution >= 0.6 is 0 Å². The zero-order valence-electron chi connectivity index (χ0n) is 8.32. The van der Waals surface area contributed by atoms with Gasteiger partial charge in [0.15, 0.2) is 0 Å². The largest absolute Gasteiger partial charge is 0.762 e. The molecule has 0 saturated heterocycles. The van der Waals surface area contributed by atoms with Crippen LogP contribution in [0.5, 0.6) is 0 Å². The Kier molecular flexibility index (Phi) is 7.03. The Hall–Kier alpha value is -1.50. The minimum atomic E-state index is -3.67. The average molecular weight is 233 g/mol. The molecule has 1 aromatic rings. The number of carboxylic acids is 1. The first kappa shape index (κ1) is 14.5. The second-order valence-electron chi connectivity index (χ2n) is 2.88. The third kappa shape index (κ3) is 7.87. The number of aliphatic carboxylic acids is 1. The molecule has 0 amide bonds. The van der Waals surface area contributed by atoms with Crippen LogP contribution in [0.4, 0.5) is 12.9 Å². The highest BCUT2D eigenvalue weighted by Gasteiger charge is 2.10. The maximum absolute atomic E-state index is 10.4. The van der Waals surface area contributed by atoms with Crippen molar-refractivity contribution in [2.45, 2.75) is 12.5 Å². The second-order valence-corrected chi connectivity index (χ2v) is 2.88. The van der Waals surface area contributed by atoms with Crippen molar-refractivity contribution in [3.63, 3.8) is 0 Å². The van der Waals surface area contributed by atoms with Gasteiger partial charge in [0.2, 0.25) is 0 Å². The van der Waals surface area contributed by atoms with Crippen molar-refractivity contribution < 1.29 is 22.8 Å². The molecular weight excluding hydrogens is 222 g/mol. The molecular formula is C9H11BF3NO2. The lowest BCUT2D eigenvalue weighted by Crippen LogP contribution is -2.32. The second kappa shape index (κ2) is 7.75. The van der Waals surface area contributed by atoms with Crippen LogP contribution in [0.25, 0.3) is 0 Å². The molecule has 0 aliphatic heterocycles. The summed E-state index contributed by atoms with van der Waals surface area (Å²) in [5.41, 5.74) is 6.30. The van der Waals surface area contributed by atoms with Crippen LogP contribution in [0.2, 0.25) is 0 Å². The van der Waals surface area contributed by atoms with Crippen molar-refractivity contribution in [3.05, 3.63) is 35.9 Å². The predicted molar refractivity (Wildman–Crippen MR) is 54.8 cm³/mol. The van der Waals surface area contributed by atoms with Gasteiger partial charge in [-0.3, -0.25) is 17.7 Å². The molecule has 0 fully saturated rings. The molecule has 0 aliphatic rings. The fourth-order valence-corrected chi connectivity index (χ4v) is 0.955. The lowest BCUT2D eigenvalue weighted by atomic mass is 10.1. The Bertz CT molecular complexity index is 308. The van der Waals surface area contributed by atoms with E-state index in [4.69, 9.17) is 10.8 Å². The summed E-state index contributed by atoms with van der Waals surface area (Å²) in [4.78, 5) is 10.4. The van der Waals surface area contributed by atoms with Crippen LogP contribution in [0.15, 0.2) is 30.3 Å². The summed E-state index contributed by atoms with van der Waals surface area (Å²) in [5.74, 6) is -0.959. The molecule has 0 heterocycles.